The lowest BCUT2D eigenvalue weighted by molar-refractivity contribution is -0.216. The van der Waals surface area contributed by atoms with E-state index in [1.54, 1.807) is 0 Å². The summed E-state index contributed by atoms with van der Waals surface area (Å²) in [6.07, 6.45) is 10.0. The summed E-state index contributed by atoms with van der Waals surface area (Å²) in [5.41, 5.74) is 2.02. The van der Waals surface area contributed by atoms with Gasteiger partial charge in [-0.15, -0.1) is 0 Å². The predicted octanol–water partition coefficient (Wildman–Crippen LogP) is 8.24. The van der Waals surface area contributed by atoms with Crippen LogP contribution in [0.5, 0.6) is 5.75 Å². The van der Waals surface area contributed by atoms with Crippen molar-refractivity contribution in [1.82, 2.24) is 0 Å². The van der Waals surface area contributed by atoms with Crippen molar-refractivity contribution in [3.8, 4) is 5.75 Å². The summed E-state index contributed by atoms with van der Waals surface area (Å²) in [5, 5.41) is 0. The van der Waals surface area contributed by atoms with Gasteiger partial charge in [-0.05, 0) is 61.2 Å². The smallest absolute Gasteiger partial charge is 0.407 e. The van der Waals surface area contributed by atoms with E-state index in [1.165, 1.54) is 56.8 Å². The molecule has 5 atom stereocenters. The summed E-state index contributed by atoms with van der Waals surface area (Å²) in [7, 11) is 0. The first-order chi connectivity index (χ1) is 16.6. The highest BCUT2D eigenvalue weighted by Crippen LogP contribution is 2.50. The molecule has 0 heterocycles. The summed E-state index contributed by atoms with van der Waals surface area (Å²) < 4.78 is 89.2. The van der Waals surface area contributed by atoms with Gasteiger partial charge in [-0.3, -0.25) is 0 Å². The maximum absolute atomic E-state index is 15.1. The van der Waals surface area contributed by atoms with Crippen molar-refractivity contribution in [2.45, 2.75) is 57.7 Å². The Kier molecular flexibility index (Phi) is 6.39. The Morgan fingerprint density at radius 2 is 1.63 bits per heavy atom. The van der Waals surface area contributed by atoms with E-state index in [-0.39, 0.29) is 11.5 Å². The second-order valence-electron chi connectivity index (χ2n) is 10.4. The molecule has 4 aliphatic carbocycles. The molecule has 1 nitrogen and oxygen atoms in total. The van der Waals surface area contributed by atoms with Gasteiger partial charge in [0, 0.05) is 18.1 Å². The number of ether oxygens (including phenoxy) is 1. The summed E-state index contributed by atoms with van der Waals surface area (Å²) >= 11 is 0. The van der Waals surface area contributed by atoms with Crippen LogP contribution in [-0.2, 0) is 0 Å². The average Bonchev–Trinajstić information content (AvgIpc) is 3.39. The van der Waals surface area contributed by atoms with Gasteiger partial charge in [0.25, 0.3) is 0 Å². The monoisotopic (exact) mass is 494 g/mol. The van der Waals surface area contributed by atoms with Gasteiger partial charge in [0.2, 0.25) is 0 Å². The number of alkyl halides is 3. The quantitative estimate of drug-likeness (QED) is 0.296. The maximum atomic E-state index is 15.1. The first-order valence-corrected chi connectivity index (χ1v) is 12.3. The van der Waals surface area contributed by atoms with Gasteiger partial charge in [0.05, 0.1) is 0 Å². The van der Waals surface area contributed by atoms with Crippen LogP contribution in [0.4, 0.5) is 26.3 Å². The molecule has 2 saturated carbocycles. The first kappa shape index (κ1) is 24.3. The fraction of sp³-hybridized carbons (Fsp3) is 0.500. The Balaban J connectivity index is 1.26. The number of rotatable bonds is 5. The van der Waals surface area contributed by atoms with E-state index < -0.39 is 41.4 Å². The van der Waals surface area contributed by atoms with Crippen LogP contribution in [0.1, 0.15) is 45.4 Å². The van der Waals surface area contributed by atoms with Crippen LogP contribution in [0.25, 0.3) is 0 Å². The molecular formula is C28H28F6O. The second-order valence-corrected chi connectivity index (χ2v) is 10.4. The zero-order chi connectivity index (χ0) is 24.9. The van der Waals surface area contributed by atoms with E-state index in [0.717, 1.165) is 11.8 Å². The van der Waals surface area contributed by atoms with Gasteiger partial charge in [-0.25, -0.2) is 17.6 Å². The predicted molar refractivity (Wildman–Crippen MR) is 121 cm³/mol. The maximum Gasteiger partial charge on any atom is 0.407 e. The van der Waals surface area contributed by atoms with Crippen LogP contribution < -0.4 is 4.74 Å². The van der Waals surface area contributed by atoms with Crippen molar-refractivity contribution >= 4 is 0 Å². The number of hydrogen-bond acceptors (Lipinski definition) is 1. The van der Waals surface area contributed by atoms with Crippen molar-refractivity contribution in [3.63, 3.8) is 0 Å². The number of fused-ring (bicyclic) bond motifs is 1. The molecule has 1 aromatic carbocycles. The Morgan fingerprint density at radius 1 is 0.971 bits per heavy atom. The van der Waals surface area contributed by atoms with Crippen LogP contribution >= 0.6 is 0 Å². The normalized spacial score (nSPS) is 32.7. The molecule has 0 aliphatic heterocycles. The minimum Gasteiger partial charge on any atom is -0.432 e. The number of benzene rings is 1. The van der Waals surface area contributed by atoms with Crippen molar-refractivity contribution < 1.29 is 31.1 Å². The van der Waals surface area contributed by atoms with Gasteiger partial charge in [-0.1, -0.05) is 49.1 Å². The van der Waals surface area contributed by atoms with Crippen LogP contribution in [0.3, 0.4) is 0 Å². The van der Waals surface area contributed by atoms with E-state index in [0.29, 0.717) is 30.0 Å². The van der Waals surface area contributed by atoms with Crippen LogP contribution in [-0.4, -0.2) is 12.3 Å². The topological polar surface area (TPSA) is 9.23 Å². The third-order valence-electron chi connectivity index (χ3n) is 8.15. The largest absolute Gasteiger partial charge is 0.432 e. The Bertz CT molecular complexity index is 1080. The summed E-state index contributed by atoms with van der Waals surface area (Å²) in [4.78, 5) is 0. The third-order valence-corrected chi connectivity index (χ3v) is 8.15. The molecule has 35 heavy (non-hydrogen) atoms. The van der Waals surface area contributed by atoms with Crippen LogP contribution in [0, 0.1) is 47.0 Å². The van der Waals surface area contributed by atoms with Crippen molar-refractivity contribution in [2.24, 2.45) is 29.6 Å². The summed E-state index contributed by atoms with van der Waals surface area (Å²) in [6.45, 7) is 1.39. The van der Waals surface area contributed by atoms with Gasteiger partial charge in [0.15, 0.2) is 17.5 Å². The average molecular weight is 495 g/mol. The lowest BCUT2D eigenvalue weighted by Crippen LogP contribution is -2.42. The van der Waals surface area contributed by atoms with E-state index in [1.807, 2.05) is 6.08 Å². The van der Waals surface area contributed by atoms with Crippen molar-refractivity contribution in [3.05, 3.63) is 76.7 Å². The van der Waals surface area contributed by atoms with E-state index >= 15 is 4.39 Å². The van der Waals surface area contributed by atoms with Crippen LogP contribution in [0.2, 0.25) is 0 Å². The lowest BCUT2D eigenvalue weighted by Gasteiger charge is -2.33. The molecular weight excluding hydrogens is 466 g/mol. The molecule has 4 aliphatic rings. The SMILES string of the molecule is CC1=CC(C2C=CC(C3CC4CCCC4C3)=CC2)=CC(F)C1C(F)(F)Oc1cc(F)c(F)c(F)c1. The highest BCUT2D eigenvalue weighted by molar-refractivity contribution is 5.40. The van der Waals surface area contributed by atoms with Crippen LogP contribution in [0.15, 0.2) is 59.2 Å². The zero-order valence-corrected chi connectivity index (χ0v) is 19.4. The van der Waals surface area contributed by atoms with E-state index in [9.17, 15) is 22.0 Å². The molecule has 5 rings (SSSR count). The molecule has 0 N–H and O–H groups in total. The van der Waals surface area contributed by atoms with E-state index in [4.69, 9.17) is 0 Å². The molecule has 5 unspecified atom stereocenters. The van der Waals surface area contributed by atoms with Gasteiger partial charge < -0.3 is 4.74 Å². The van der Waals surface area contributed by atoms with E-state index in [2.05, 4.69) is 16.9 Å². The molecule has 7 heteroatoms. The Labute approximate surface area is 201 Å². The van der Waals surface area contributed by atoms with Gasteiger partial charge in [0.1, 0.15) is 17.8 Å². The fourth-order valence-electron chi connectivity index (χ4n) is 6.45. The van der Waals surface area contributed by atoms with Crippen molar-refractivity contribution in [1.29, 1.82) is 0 Å². The molecule has 2 fully saturated rings. The minimum absolute atomic E-state index is 0.0647. The van der Waals surface area contributed by atoms with Crippen molar-refractivity contribution in [2.75, 3.05) is 0 Å². The number of halogens is 6. The standard InChI is InChI=1S/C28H28F6O/c1-15-9-20(16-5-7-17(8-6-16)21-10-18-3-2-4-19(18)11-21)12-23(29)26(15)28(33,34)35-22-13-24(30)27(32)25(31)14-22/h5,7-9,12-14,16,18-19,21,23,26H,2-4,6,10-11H2,1H3. The molecule has 0 saturated heterocycles. The molecule has 0 bridgehead atoms. The third kappa shape index (κ3) is 4.70. The second kappa shape index (κ2) is 9.21. The van der Waals surface area contributed by atoms with Gasteiger partial charge in [-0.2, -0.15) is 8.78 Å². The fourth-order valence-corrected chi connectivity index (χ4v) is 6.45. The lowest BCUT2D eigenvalue weighted by atomic mass is 9.79. The first-order valence-electron chi connectivity index (χ1n) is 12.3. The Hall–Kier alpha value is -2.44. The molecule has 0 radical (unpaired) electrons. The molecule has 188 valence electrons. The zero-order valence-electron chi connectivity index (χ0n) is 19.4. The molecule has 0 amide bonds. The Morgan fingerprint density at radius 3 is 2.20 bits per heavy atom. The molecule has 0 aromatic heterocycles. The molecule has 1 aromatic rings. The molecule has 0 spiro atoms. The summed E-state index contributed by atoms with van der Waals surface area (Å²) in [6, 6.07) is 0.633. The highest BCUT2D eigenvalue weighted by Gasteiger charge is 2.49. The summed E-state index contributed by atoms with van der Waals surface area (Å²) in [5.74, 6) is -5.85. The number of hydrogen-bond donors (Lipinski definition) is 0. The van der Waals surface area contributed by atoms with Gasteiger partial charge >= 0.3 is 6.11 Å². The highest BCUT2D eigenvalue weighted by atomic mass is 19.3. The number of allylic oxidation sites excluding steroid dienone is 7. The minimum atomic E-state index is -4.10.